The molecule has 1 aliphatic carbocycles. The Morgan fingerprint density at radius 3 is 2.84 bits per heavy atom. The maximum Gasteiger partial charge on any atom is 0.251 e. The van der Waals surface area contributed by atoms with Crippen molar-refractivity contribution in [3.05, 3.63) is 47.9 Å². The van der Waals surface area contributed by atoms with Crippen LogP contribution in [0.25, 0.3) is 0 Å². The fourth-order valence-electron chi connectivity index (χ4n) is 3.03. The Morgan fingerprint density at radius 1 is 1.36 bits per heavy atom. The van der Waals surface area contributed by atoms with Gasteiger partial charge in [-0.05, 0) is 42.5 Å². The van der Waals surface area contributed by atoms with Gasteiger partial charge in [-0.1, -0.05) is 0 Å². The van der Waals surface area contributed by atoms with E-state index in [1.54, 1.807) is 44.9 Å². The van der Waals surface area contributed by atoms with E-state index < -0.39 is 0 Å². The number of hydrogen-bond acceptors (Lipinski definition) is 6. The van der Waals surface area contributed by atoms with Crippen molar-refractivity contribution in [2.24, 2.45) is 5.92 Å². The first-order valence-electron chi connectivity index (χ1n) is 8.22. The van der Waals surface area contributed by atoms with Gasteiger partial charge in [0.15, 0.2) is 0 Å². The van der Waals surface area contributed by atoms with Crippen molar-refractivity contribution in [2.45, 2.75) is 25.0 Å². The highest BCUT2D eigenvalue weighted by molar-refractivity contribution is 5.95. The van der Waals surface area contributed by atoms with Crippen LogP contribution in [0.4, 0.5) is 5.82 Å². The highest BCUT2D eigenvalue weighted by atomic mass is 16.5. The maximum atomic E-state index is 12.7. The van der Waals surface area contributed by atoms with Gasteiger partial charge in [0.1, 0.15) is 11.6 Å². The number of carbonyl (C=O) groups is 1. The Kier molecular flexibility index (Phi) is 5.14. The number of ether oxygens (including phenoxy) is 1. The molecule has 1 fully saturated rings. The average Bonchev–Trinajstić information content (AvgIpc) is 2.63. The SMILES string of the molecule is CNc1cc(C(=O)N[C@H](c2cncc(OC)c2)C2CC(O)C2)ccn1. The quantitative estimate of drug-likeness (QED) is 0.740. The molecule has 132 valence electrons. The van der Waals surface area contributed by atoms with Gasteiger partial charge in [-0.3, -0.25) is 9.78 Å². The van der Waals surface area contributed by atoms with Crippen LogP contribution in [0.2, 0.25) is 0 Å². The number of aliphatic hydroxyl groups is 1. The normalized spacial score (nSPS) is 20.3. The van der Waals surface area contributed by atoms with Crippen LogP contribution in [0.15, 0.2) is 36.8 Å². The summed E-state index contributed by atoms with van der Waals surface area (Å²) in [6.45, 7) is 0. The van der Waals surface area contributed by atoms with Crippen molar-refractivity contribution in [1.82, 2.24) is 15.3 Å². The van der Waals surface area contributed by atoms with Crippen molar-refractivity contribution in [3.8, 4) is 5.75 Å². The molecule has 0 bridgehead atoms. The second-order valence-corrected chi connectivity index (χ2v) is 6.17. The van der Waals surface area contributed by atoms with Crippen molar-refractivity contribution in [3.63, 3.8) is 0 Å². The van der Waals surface area contributed by atoms with Crippen LogP contribution in [-0.4, -0.2) is 41.2 Å². The summed E-state index contributed by atoms with van der Waals surface area (Å²) >= 11 is 0. The molecular formula is C18H22N4O3. The monoisotopic (exact) mass is 342 g/mol. The largest absolute Gasteiger partial charge is 0.495 e. The third kappa shape index (κ3) is 3.88. The summed E-state index contributed by atoms with van der Waals surface area (Å²) in [6, 6.07) is 5.01. The van der Waals surface area contributed by atoms with E-state index in [0.717, 1.165) is 5.56 Å². The van der Waals surface area contributed by atoms with Gasteiger partial charge in [0.25, 0.3) is 5.91 Å². The summed E-state index contributed by atoms with van der Waals surface area (Å²) in [5.74, 6) is 1.25. The molecule has 0 unspecified atom stereocenters. The van der Waals surface area contributed by atoms with Crippen LogP contribution in [0.3, 0.4) is 0 Å². The van der Waals surface area contributed by atoms with E-state index in [9.17, 15) is 9.90 Å². The molecule has 2 aromatic heterocycles. The number of anilines is 1. The van der Waals surface area contributed by atoms with E-state index in [1.165, 1.54) is 0 Å². The average molecular weight is 342 g/mol. The van der Waals surface area contributed by atoms with Crippen molar-refractivity contribution in [1.29, 1.82) is 0 Å². The van der Waals surface area contributed by atoms with Gasteiger partial charge in [0.05, 0.1) is 25.5 Å². The smallest absolute Gasteiger partial charge is 0.251 e. The summed E-state index contributed by atoms with van der Waals surface area (Å²) in [4.78, 5) is 21.0. The fourth-order valence-corrected chi connectivity index (χ4v) is 3.03. The molecule has 1 aliphatic rings. The van der Waals surface area contributed by atoms with E-state index >= 15 is 0 Å². The molecule has 25 heavy (non-hydrogen) atoms. The number of nitrogens with zero attached hydrogens (tertiary/aromatic N) is 2. The van der Waals surface area contributed by atoms with E-state index in [2.05, 4.69) is 20.6 Å². The lowest BCUT2D eigenvalue weighted by Gasteiger charge is -2.38. The molecule has 7 nitrogen and oxygen atoms in total. The summed E-state index contributed by atoms with van der Waals surface area (Å²) in [6.07, 6.45) is 5.94. The van der Waals surface area contributed by atoms with Crippen molar-refractivity contribution in [2.75, 3.05) is 19.5 Å². The molecule has 7 heteroatoms. The zero-order valence-corrected chi connectivity index (χ0v) is 14.3. The number of nitrogens with one attached hydrogen (secondary N) is 2. The standard InChI is InChI=1S/C18H22N4O3/c1-19-16-8-11(3-4-21-16)18(24)22-17(12-5-14(23)6-12)13-7-15(25-2)10-20-9-13/h3-4,7-10,12,14,17,23H,5-6H2,1-2H3,(H,19,21)(H,22,24)/t12?,14?,17-/m0/s1. The van der Waals surface area contributed by atoms with Gasteiger partial charge >= 0.3 is 0 Å². The minimum absolute atomic E-state index is 0.165. The first kappa shape index (κ1) is 17.2. The molecule has 0 saturated heterocycles. The Bertz CT molecular complexity index is 747. The van der Waals surface area contributed by atoms with E-state index in [1.807, 2.05) is 6.07 Å². The van der Waals surface area contributed by atoms with Crippen LogP contribution < -0.4 is 15.4 Å². The van der Waals surface area contributed by atoms with Gasteiger partial charge < -0.3 is 20.5 Å². The van der Waals surface area contributed by atoms with Gasteiger partial charge in [-0.15, -0.1) is 0 Å². The number of pyridine rings is 2. The second kappa shape index (κ2) is 7.48. The Labute approximate surface area is 146 Å². The molecule has 2 aromatic rings. The third-order valence-corrected chi connectivity index (χ3v) is 4.52. The Balaban J connectivity index is 1.83. The van der Waals surface area contributed by atoms with E-state index in [-0.39, 0.29) is 24.0 Å². The molecule has 0 radical (unpaired) electrons. The number of amides is 1. The van der Waals surface area contributed by atoms with Crippen LogP contribution in [0.5, 0.6) is 5.75 Å². The topological polar surface area (TPSA) is 96.4 Å². The maximum absolute atomic E-state index is 12.7. The summed E-state index contributed by atoms with van der Waals surface area (Å²) in [7, 11) is 3.34. The lowest BCUT2D eigenvalue weighted by molar-refractivity contribution is 0.0234. The number of carbonyl (C=O) groups excluding carboxylic acids is 1. The Morgan fingerprint density at radius 2 is 2.16 bits per heavy atom. The first-order chi connectivity index (χ1) is 12.1. The summed E-state index contributed by atoms with van der Waals surface area (Å²) < 4.78 is 5.24. The van der Waals surface area contributed by atoms with Crippen LogP contribution in [0, 0.1) is 5.92 Å². The molecule has 1 amide bonds. The summed E-state index contributed by atoms with van der Waals surface area (Å²) in [5, 5.41) is 15.7. The zero-order valence-electron chi connectivity index (χ0n) is 14.3. The van der Waals surface area contributed by atoms with Gasteiger partial charge in [-0.2, -0.15) is 0 Å². The molecule has 2 heterocycles. The van der Waals surface area contributed by atoms with E-state index in [0.29, 0.717) is 30.0 Å². The predicted octanol–water partition coefficient (Wildman–Crippen LogP) is 1.77. The molecule has 3 rings (SSSR count). The van der Waals surface area contributed by atoms with Gasteiger partial charge in [-0.25, -0.2) is 4.98 Å². The third-order valence-electron chi connectivity index (χ3n) is 4.52. The van der Waals surface area contributed by atoms with Crippen LogP contribution in [-0.2, 0) is 0 Å². The van der Waals surface area contributed by atoms with Crippen molar-refractivity contribution >= 4 is 11.7 Å². The predicted molar refractivity (Wildman–Crippen MR) is 93.5 cm³/mol. The first-order valence-corrected chi connectivity index (χ1v) is 8.22. The number of methoxy groups -OCH3 is 1. The van der Waals surface area contributed by atoms with Crippen LogP contribution >= 0.6 is 0 Å². The number of rotatable bonds is 6. The lowest BCUT2D eigenvalue weighted by atomic mass is 9.75. The molecule has 1 atom stereocenters. The number of aromatic nitrogens is 2. The zero-order chi connectivity index (χ0) is 17.8. The highest BCUT2D eigenvalue weighted by Crippen LogP contribution is 2.38. The van der Waals surface area contributed by atoms with Crippen molar-refractivity contribution < 1.29 is 14.6 Å². The highest BCUT2D eigenvalue weighted by Gasteiger charge is 2.36. The molecule has 1 saturated carbocycles. The Hall–Kier alpha value is -2.67. The molecule has 0 aliphatic heterocycles. The van der Waals surface area contributed by atoms with Gasteiger partial charge in [0, 0.05) is 25.0 Å². The summed E-state index contributed by atoms with van der Waals surface area (Å²) in [5.41, 5.74) is 1.40. The minimum Gasteiger partial charge on any atom is -0.495 e. The second-order valence-electron chi connectivity index (χ2n) is 6.17. The lowest BCUT2D eigenvalue weighted by Crippen LogP contribution is -2.41. The fraction of sp³-hybridized carbons (Fsp3) is 0.389. The molecular weight excluding hydrogens is 320 g/mol. The van der Waals surface area contributed by atoms with Gasteiger partial charge in [0.2, 0.25) is 0 Å². The molecule has 3 N–H and O–H groups in total. The van der Waals surface area contributed by atoms with E-state index in [4.69, 9.17) is 4.74 Å². The number of hydrogen-bond donors (Lipinski definition) is 3. The number of aliphatic hydroxyl groups excluding tert-OH is 1. The van der Waals surface area contributed by atoms with Crippen LogP contribution in [0.1, 0.15) is 34.8 Å². The molecule has 0 aromatic carbocycles. The molecule has 0 spiro atoms. The minimum atomic E-state index is -0.306.